The van der Waals surface area contributed by atoms with Crippen molar-refractivity contribution in [3.63, 3.8) is 0 Å². The van der Waals surface area contributed by atoms with Crippen molar-refractivity contribution in [2.45, 2.75) is 76.7 Å². The van der Waals surface area contributed by atoms with E-state index in [-0.39, 0.29) is 51.5 Å². The summed E-state index contributed by atoms with van der Waals surface area (Å²) in [6.07, 6.45) is 1.25. The molecule has 5 amide bonds. The average Bonchev–Trinajstić information content (AvgIpc) is 3.96. The van der Waals surface area contributed by atoms with Gasteiger partial charge in [-0.15, -0.1) is 0 Å². The van der Waals surface area contributed by atoms with Gasteiger partial charge in [-0.05, 0) is 123 Å². The second-order valence-electron chi connectivity index (χ2n) is 18.0. The molecule has 0 saturated carbocycles. The lowest BCUT2D eigenvalue weighted by molar-refractivity contribution is -0.147. The Morgan fingerprint density at radius 1 is 0.729 bits per heavy atom. The van der Waals surface area contributed by atoms with Crippen molar-refractivity contribution in [2.75, 3.05) is 43.4 Å². The van der Waals surface area contributed by atoms with E-state index in [1.54, 1.807) is 69.4 Å². The van der Waals surface area contributed by atoms with Crippen LogP contribution in [0.5, 0.6) is 5.75 Å². The number of nitrogens with two attached hydrogens (primary N) is 1. The number of amides is 5. The highest BCUT2D eigenvalue weighted by atomic mass is 16.6. The third-order valence-corrected chi connectivity index (χ3v) is 11.9. The SMILES string of the molecule is CC(C)(C)OC(=O)NCCCCN(C(=O)OCC1c2ccccc2-c2ccccc21)C(C(=O)O)C(C(=O)Nc1cccc2[nH]ccc12)N(CCCCN)C(=O)Nc1ccc(OCc2ccccc2)cc1. The molecule has 0 saturated heterocycles. The van der Waals surface area contributed by atoms with Crippen LogP contribution in [0.15, 0.2) is 134 Å². The molecule has 1 aliphatic carbocycles. The third kappa shape index (κ3) is 12.8. The number of carboxylic acid groups (broad SMARTS) is 1. The number of fused-ring (bicyclic) bond motifs is 4. The zero-order valence-corrected chi connectivity index (χ0v) is 39.7. The van der Waals surface area contributed by atoms with E-state index in [1.165, 1.54) is 0 Å². The molecule has 5 aromatic carbocycles. The summed E-state index contributed by atoms with van der Waals surface area (Å²) in [5.41, 5.74) is 11.5. The summed E-state index contributed by atoms with van der Waals surface area (Å²) < 4.78 is 17.5. The van der Waals surface area contributed by atoms with Gasteiger partial charge in [0, 0.05) is 48.3 Å². The lowest BCUT2D eigenvalue weighted by Crippen LogP contribution is -2.63. The number of benzene rings is 5. The Kier molecular flexibility index (Phi) is 16.8. The van der Waals surface area contributed by atoms with Crippen LogP contribution in [0.2, 0.25) is 0 Å². The number of aromatic nitrogens is 1. The second kappa shape index (κ2) is 23.4. The number of urea groups is 1. The zero-order valence-electron chi connectivity index (χ0n) is 39.7. The van der Waals surface area contributed by atoms with Crippen molar-refractivity contribution in [3.05, 3.63) is 150 Å². The first-order valence-electron chi connectivity index (χ1n) is 23.5. The molecule has 366 valence electrons. The summed E-state index contributed by atoms with van der Waals surface area (Å²) >= 11 is 0. The van der Waals surface area contributed by atoms with Gasteiger partial charge in [-0.1, -0.05) is 84.9 Å². The standard InChI is InChI=1S/C54H61N7O9/c1-54(2,3)70-52(66)57-30-12-14-33-61(53(67)69-35-44-41-20-9-7-18-39(41)40-19-8-10-21-42(40)44)48(50(63)64)47(49(62)59-46-23-15-22-45-43(46)28-31-56-45)60(32-13-11-29-55)51(65)58-37-24-26-38(27-25-37)68-34-36-16-5-4-6-17-36/h4-10,15-28,31,44,47-48,56H,11-14,29-30,32-35,55H2,1-3H3,(H,57,66)(H,58,65)(H,59,62)(H,63,64). The Labute approximate surface area is 407 Å². The van der Waals surface area contributed by atoms with E-state index in [4.69, 9.17) is 19.9 Å². The van der Waals surface area contributed by atoms with E-state index in [9.17, 15) is 24.3 Å². The number of anilines is 2. The van der Waals surface area contributed by atoms with Gasteiger partial charge in [0.1, 0.15) is 30.6 Å². The van der Waals surface area contributed by atoms with E-state index < -0.39 is 47.8 Å². The highest BCUT2D eigenvalue weighted by Crippen LogP contribution is 2.44. The van der Waals surface area contributed by atoms with Gasteiger partial charge in [0.2, 0.25) is 5.91 Å². The van der Waals surface area contributed by atoms with Crippen LogP contribution in [0.3, 0.4) is 0 Å². The molecule has 7 rings (SSSR count). The van der Waals surface area contributed by atoms with Crippen molar-refractivity contribution in [3.8, 4) is 16.9 Å². The number of carbonyl (C=O) groups excluding carboxylic acids is 4. The Hall–Kier alpha value is -7.85. The Morgan fingerprint density at radius 3 is 2.06 bits per heavy atom. The van der Waals surface area contributed by atoms with Crippen molar-refractivity contribution < 1.29 is 43.3 Å². The molecule has 0 bridgehead atoms. The second-order valence-corrected chi connectivity index (χ2v) is 18.0. The normalized spacial score (nSPS) is 12.7. The Morgan fingerprint density at radius 2 is 1.39 bits per heavy atom. The number of ether oxygens (including phenoxy) is 3. The van der Waals surface area contributed by atoms with E-state index >= 15 is 4.79 Å². The van der Waals surface area contributed by atoms with Gasteiger partial charge in [-0.3, -0.25) is 9.69 Å². The number of hydrogen-bond donors (Lipinski definition) is 6. The quantitative estimate of drug-likeness (QED) is 0.0376. The maximum Gasteiger partial charge on any atom is 0.410 e. The number of hydrogen-bond acceptors (Lipinski definition) is 9. The number of alkyl carbamates (subject to hydrolysis) is 1. The number of aromatic amines is 1. The fourth-order valence-corrected chi connectivity index (χ4v) is 8.59. The van der Waals surface area contributed by atoms with E-state index in [2.05, 4.69) is 20.9 Å². The minimum absolute atomic E-state index is 0.115. The minimum atomic E-state index is -1.99. The van der Waals surface area contributed by atoms with E-state index in [0.717, 1.165) is 37.6 Å². The van der Waals surface area contributed by atoms with Crippen LogP contribution in [0.25, 0.3) is 22.0 Å². The van der Waals surface area contributed by atoms with E-state index in [1.807, 2.05) is 84.9 Å². The first-order chi connectivity index (χ1) is 33.8. The first kappa shape index (κ1) is 50.0. The molecule has 0 spiro atoms. The minimum Gasteiger partial charge on any atom is -0.489 e. The fourth-order valence-electron chi connectivity index (χ4n) is 8.59. The molecule has 1 heterocycles. The van der Waals surface area contributed by atoms with Crippen LogP contribution >= 0.6 is 0 Å². The molecule has 16 heteroatoms. The van der Waals surface area contributed by atoms with Crippen LogP contribution in [0, 0.1) is 0 Å². The number of nitrogens with zero attached hydrogens (tertiary/aromatic N) is 2. The zero-order chi connectivity index (χ0) is 49.6. The third-order valence-electron chi connectivity index (χ3n) is 11.9. The smallest absolute Gasteiger partial charge is 0.410 e. The van der Waals surface area contributed by atoms with Gasteiger partial charge in [-0.25, -0.2) is 19.2 Å². The summed E-state index contributed by atoms with van der Waals surface area (Å²) in [6, 6.07) is 34.3. The fraction of sp³-hybridized carbons (Fsp3) is 0.315. The van der Waals surface area contributed by atoms with Crippen molar-refractivity contribution in [1.29, 1.82) is 0 Å². The Bertz CT molecular complexity index is 2690. The monoisotopic (exact) mass is 951 g/mol. The number of carbonyl (C=O) groups is 5. The lowest BCUT2D eigenvalue weighted by atomic mass is 9.98. The lowest BCUT2D eigenvalue weighted by Gasteiger charge is -2.39. The maximum atomic E-state index is 15.1. The highest BCUT2D eigenvalue weighted by molar-refractivity contribution is 6.07. The van der Waals surface area contributed by atoms with Crippen LogP contribution in [0.1, 0.15) is 69.1 Å². The van der Waals surface area contributed by atoms with Crippen LogP contribution in [0.4, 0.5) is 25.8 Å². The predicted molar refractivity (Wildman–Crippen MR) is 269 cm³/mol. The molecule has 0 fully saturated rings. The molecule has 1 aromatic heterocycles. The average molecular weight is 952 g/mol. The van der Waals surface area contributed by atoms with Gasteiger partial charge in [-0.2, -0.15) is 0 Å². The van der Waals surface area contributed by atoms with Gasteiger partial charge < -0.3 is 50.9 Å². The molecule has 2 unspecified atom stereocenters. The number of carboxylic acids is 1. The summed E-state index contributed by atoms with van der Waals surface area (Å²) in [4.78, 5) is 76.5. The van der Waals surface area contributed by atoms with Gasteiger partial charge >= 0.3 is 24.2 Å². The largest absolute Gasteiger partial charge is 0.489 e. The number of rotatable bonds is 21. The molecule has 16 nitrogen and oxygen atoms in total. The molecule has 0 radical (unpaired) electrons. The first-order valence-corrected chi connectivity index (χ1v) is 23.5. The van der Waals surface area contributed by atoms with Crippen molar-refractivity contribution in [1.82, 2.24) is 20.1 Å². The summed E-state index contributed by atoms with van der Waals surface area (Å²) in [5, 5.41) is 20.5. The maximum absolute atomic E-state index is 15.1. The van der Waals surface area contributed by atoms with Gasteiger partial charge in [0.05, 0.1) is 5.69 Å². The summed E-state index contributed by atoms with van der Waals surface area (Å²) in [6.45, 7) is 5.47. The number of H-pyrrole nitrogens is 1. The summed E-state index contributed by atoms with van der Waals surface area (Å²) in [7, 11) is 0. The van der Waals surface area contributed by atoms with Crippen molar-refractivity contribution >= 4 is 52.4 Å². The van der Waals surface area contributed by atoms with Crippen LogP contribution < -0.4 is 26.4 Å². The van der Waals surface area contributed by atoms with Crippen molar-refractivity contribution in [2.24, 2.45) is 5.73 Å². The van der Waals surface area contributed by atoms with Gasteiger partial charge in [0.15, 0.2) is 6.04 Å². The summed E-state index contributed by atoms with van der Waals surface area (Å²) in [5.74, 6) is -2.24. The molecule has 2 atom stereocenters. The topological polar surface area (TPSA) is 218 Å². The number of unbranched alkanes of at least 4 members (excludes halogenated alkanes) is 2. The molecule has 70 heavy (non-hydrogen) atoms. The number of nitrogens with one attached hydrogen (secondary N) is 4. The highest BCUT2D eigenvalue weighted by Gasteiger charge is 2.46. The van der Waals surface area contributed by atoms with Crippen LogP contribution in [-0.4, -0.2) is 100 Å². The molecular formula is C54H61N7O9. The molecule has 6 aromatic rings. The Balaban J connectivity index is 1.22. The van der Waals surface area contributed by atoms with Gasteiger partial charge in [0.25, 0.3) is 0 Å². The molecule has 0 aliphatic heterocycles. The molecule has 7 N–H and O–H groups in total. The molecular weight excluding hydrogens is 891 g/mol. The van der Waals surface area contributed by atoms with Crippen LogP contribution in [-0.2, 0) is 25.7 Å². The molecule has 1 aliphatic rings. The predicted octanol–water partition coefficient (Wildman–Crippen LogP) is 9.34. The van der Waals surface area contributed by atoms with E-state index in [0.29, 0.717) is 47.5 Å². The number of aliphatic carboxylic acids is 1.